The first-order chi connectivity index (χ1) is 9.53. The number of nitrogens with zero attached hydrogens (tertiary/aromatic N) is 2. The zero-order chi connectivity index (χ0) is 14.3. The predicted molar refractivity (Wildman–Crippen MR) is 73.4 cm³/mol. The standard InChI is InChI=1S/C16H19FN2O/c1-19-13-3-4-14(19)10-16(20,9-13)12-2-5-15(17)11(8-12)6-7-18/h2,5,8,13-14,20H,3-4,6,9-10H2,1H3. The molecule has 3 rings (SSSR count). The Bertz CT molecular complexity index is 552. The van der Waals surface area contributed by atoms with Crippen LogP contribution < -0.4 is 0 Å². The number of fused-ring (bicyclic) bond motifs is 2. The summed E-state index contributed by atoms with van der Waals surface area (Å²) in [4.78, 5) is 2.36. The van der Waals surface area contributed by atoms with E-state index in [4.69, 9.17) is 5.26 Å². The fourth-order valence-electron chi connectivity index (χ4n) is 3.77. The smallest absolute Gasteiger partial charge is 0.127 e. The van der Waals surface area contributed by atoms with Crippen LogP contribution in [0.5, 0.6) is 0 Å². The summed E-state index contributed by atoms with van der Waals surface area (Å²) >= 11 is 0. The lowest BCUT2D eigenvalue weighted by Gasteiger charge is -2.42. The summed E-state index contributed by atoms with van der Waals surface area (Å²) in [6.45, 7) is 0. The number of aliphatic hydroxyl groups is 1. The molecule has 2 heterocycles. The molecule has 1 N–H and O–H groups in total. The molecule has 2 saturated heterocycles. The van der Waals surface area contributed by atoms with Gasteiger partial charge in [0.2, 0.25) is 0 Å². The van der Waals surface area contributed by atoms with Gasteiger partial charge >= 0.3 is 0 Å². The average Bonchev–Trinajstić information content (AvgIpc) is 2.64. The maximum atomic E-state index is 13.6. The monoisotopic (exact) mass is 274 g/mol. The normalized spacial score (nSPS) is 33.1. The minimum Gasteiger partial charge on any atom is -0.385 e. The molecule has 2 atom stereocenters. The van der Waals surface area contributed by atoms with E-state index in [-0.39, 0.29) is 12.2 Å². The van der Waals surface area contributed by atoms with E-state index in [1.165, 1.54) is 6.07 Å². The second-order valence-corrected chi connectivity index (χ2v) is 6.13. The Morgan fingerprint density at radius 3 is 2.65 bits per heavy atom. The van der Waals surface area contributed by atoms with Crippen molar-refractivity contribution in [2.45, 2.75) is 49.8 Å². The average molecular weight is 274 g/mol. The van der Waals surface area contributed by atoms with Crippen molar-refractivity contribution in [3.63, 3.8) is 0 Å². The molecule has 0 spiro atoms. The van der Waals surface area contributed by atoms with Crippen molar-refractivity contribution in [2.24, 2.45) is 0 Å². The van der Waals surface area contributed by atoms with E-state index >= 15 is 0 Å². The number of benzene rings is 1. The van der Waals surface area contributed by atoms with Crippen LogP contribution in [0.2, 0.25) is 0 Å². The molecule has 2 unspecified atom stereocenters. The van der Waals surface area contributed by atoms with Crippen molar-refractivity contribution in [2.75, 3.05) is 7.05 Å². The van der Waals surface area contributed by atoms with Crippen molar-refractivity contribution < 1.29 is 9.50 Å². The predicted octanol–water partition coefficient (Wildman–Crippen LogP) is 2.34. The molecule has 0 aromatic heterocycles. The number of hydrogen-bond acceptors (Lipinski definition) is 3. The van der Waals surface area contributed by atoms with Gasteiger partial charge in [-0.3, -0.25) is 0 Å². The van der Waals surface area contributed by atoms with E-state index in [0.29, 0.717) is 30.5 Å². The highest BCUT2D eigenvalue weighted by atomic mass is 19.1. The summed E-state index contributed by atoms with van der Waals surface area (Å²) in [7, 11) is 2.12. The first-order valence-electron chi connectivity index (χ1n) is 7.14. The maximum absolute atomic E-state index is 13.6. The third-order valence-corrected chi connectivity index (χ3v) is 4.98. The van der Waals surface area contributed by atoms with Crippen molar-refractivity contribution in [3.8, 4) is 6.07 Å². The van der Waals surface area contributed by atoms with E-state index in [2.05, 4.69) is 11.9 Å². The fourth-order valence-corrected chi connectivity index (χ4v) is 3.77. The topological polar surface area (TPSA) is 47.3 Å². The molecule has 1 aromatic carbocycles. The SMILES string of the molecule is CN1C2CCC1CC(O)(c1ccc(F)c(CC#N)c1)C2. The summed E-state index contributed by atoms with van der Waals surface area (Å²) < 4.78 is 13.6. The van der Waals surface area contributed by atoms with Crippen LogP contribution in [0.4, 0.5) is 4.39 Å². The molecule has 0 amide bonds. The number of rotatable bonds is 2. The Labute approximate surface area is 118 Å². The number of halogens is 1. The number of piperidine rings is 1. The van der Waals surface area contributed by atoms with Crippen LogP contribution >= 0.6 is 0 Å². The van der Waals surface area contributed by atoms with E-state index in [9.17, 15) is 9.50 Å². The Morgan fingerprint density at radius 2 is 2.05 bits per heavy atom. The van der Waals surface area contributed by atoms with Crippen LogP contribution in [0.1, 0.15) is 36.8 Å². The van der Waals surface area contributed by atoms with Gasteiger partial charge in [-0.25, -0.2) is 4.39 Å². The van der Waals surface area contributed by atoms with Gasteiger partial charge in [0.25, 0.3) is 0 Å². The number of hydrogen-bond donors (Lipinski definition) is 1. The van der Waals surface area contributed by atoms with Gasteiger partial charge in [-0.1, -0.05) is 6.07 Å². The Hall–Kier alpha value is -1.44. The molecule has 3 nitrogen and oxygen atoms in total. The van der Waals surface area contributed by atoms with Crippen LogP contribution in [0.25, 0.3) is 0 Å². The first-order valence-corrected chi connectivity index (χ1v) is 7.14. The minimum atomic E-state index is -0.879. The molecule has 20 heavy (non-hydrogen) atoms. The van der Waals surface area contributed by atoms with Gasteiger partial charge in [-0.2, -0.15) is 5.26 Å². The Morgan fingerprint density at radius 1 is 1.40 bits per heavy atom. The lowest BCUT2D eigenvalue weighted by atomic mass is 9.80. The second-order valence-electron chi connectivity index (χ2n) is 6.13. The third-order valence-electron chi connectivity index (χ3n) is 4.98. The molecule has 1 aromatic rings. The molecule has 0 saturated carbocycles. The van der Waals surface area contributed by atoms with E-state index in [1.807, 2.05) is 6.07 Å². The molecule has 4 heteroatoms. The third kappa shape index (κ3) is 2.11. The van der Waals surface area contributed by atoms with Gasteiger partial charge in [0.15, 0.2) is 0 Å². The molecule has 0 aliphatic carbocycles. The molecule has 106 valence electrons. The molecule has 2 aliphatic rings. The largest absolute Gasteiger partial charge is 0.385 e. The van der Waals surface area contributed by atoms with Gasteiger partial charge in [0, 0.05) is 17.6 Å². The zero-order valence-corrected chi connectivity index (χ0v) is 11.6. The molecular formula is C16H19FN2O. The highest BCUT2D eigenvalue weighted by Crippen LogP contribution is 2.45. The van der Waals surface area contributed by atoms with Crippen molar-refractivity contribution >= 4 is 0 Å². The highest BCUT2D eigenvalue weighted by molar-refractivity contribution is 5.32. The lowest BCUT2D eigenvalue weighted by molar-refractivity contribution is -0.0494. The summed E-state index contributed by atoms with van der Waals surface area (Å²) in [5.41, 5.74) is 0.259. The van der Waals surface area contributed by atoms with Crippen LogP contribution in [0, 0.1) is 17.1 Å². The quantitative estimate of drug-likeness (QED) is 0.900. The van der Waals surface area contributed by atoms with Crippen LogP contribution in [0.3, 0.4) is 0 Å². The van der Waals surface area contributed by atoms with Gasteiger partial charge in [0.05, 0.1) is 18.1 Å². The van der Waals surface area contributed by atoms with E-state index < -0.39 is 5.60 Å². The van der Waals surface area contributed by atoms with E-state index in [0.717, 1.165) is 18.4 Å². The van der Waals surface area contributed by atoms with Crippen molar-refractivity contribution in [1.29, 1.82) is 5.26 Å². The van der Waals surface area contributed by atoms with Crippen LogP contribution in [-0.2, 0) is 12.0 Å². The van der Waals surface area contributed by atoms with Gasteiger partial charge < -0.3 is 10.0 Å². The lowest BCUT2D eigenvalue weighted by Crippen LogP contribution is -2.47. The second kappa shape index (κ2) is 4.83. The Kier molecular flexibility index (Phi) is 3.27. The van der Waals surface area contributed by atoms with Gasteiger partial charge in [-0.05, 0) is 50.4 Å². The van der Waals surface area contributed by atoms with Crippen molar-refractivity contribution in [3.05, 3.63) is 35.1 Å². The zero-order valence-electron chi connectivity index (χ0n) is 11.6. The van der Waals surface area contributed by atoms with Crippen molar-refractivity contribution in [1.82, 2.24) is 4.90 Å². The van der Waals surface area contributed by atoms with Gasteiger partial charge in [-0.15, -0.1) is 0 Å². The first kappa shape index (κ1) is 13.5. The molecule has 0 radical (unpaired) electrons. The molecular weight excluding hydrogens is 255 g/mol. The molecule has 2 fully saturated rings. The number of nitriles is 1. The molecule has 2 bridgehead atoms. The van der Waals surface area contributed by atoms with Crippen LogP contribution in [-0.4, -0.2) is 29.1 Å². The highest BCUT2D eigenvalue weighted by Gasteiger charge is 2.46. The summed E-state index contributed by atoms with van der Waals surface area (Å²) in [6, 6.07) is 7.50. The molecule has 2 aliphatic heterocycles. The minimum absolute atomic E-state index is 0.0442. The Balaban J connectivity index is 1.93. The summed E-state index contributed by atoms with van der Waals surface area (Å²) in [5, 5.41) is 19.7. The summed E-state index contributed by atoms with van der Waals surface area (Å²) in [5.74, 6) is -0.366. The van der Waals surface area contributed by atoms with E-state index in [1.54, 1.807) is 12.1 Å². The van der Waals surface area contributed by atoms with Gasteiger partial charge in [0.1, 0.15) is 5.82 Å². The van der Waals surface area contributed by atoms with Crippen LogP contribution in [0.15, 0.2) is 18.2 Å². The summed E-state index contributed by atoms with van der Waals surface area (Å²) in [6.07, 6.45) is 3.67. The fraction of sp³-hybridized carbons (Fsp3) is 0.562. The maximum Gasteiger partial charge on any atom is 0.127 e.